The van der Waals surface area contributed by atoms with Gasteiger partial charge in [-0.2, -0.15) is 0 Å². The van der Waals surface area contributed by atoms with Gasteiger partial charge >= 0.3 is 11.9 Å². The van der Waals surface area contributed by atoms with Crippen molar-refractivity contribution in [2.24, 2.45) is 4.99 Å². The van der Waals surface area contributed by atoms with Gasteiger partial charge in [0.1, 0.15) is 17.4 Å². The van der Waals surface area contributed by atoms with Crippen molar-refractivity contribution in [2.75, 3.05) is 19.8 Å². The van der Waals surface area contributed by atoms with E-state index in [9.17, 15) is 19.7 Å². The van der Waals surface area contributed by atoms with Crippen LogP contribution in [0.25, 0.3) is 17.0 Å². The highest BCUT2D eigenvalue weighted by Gasteiger charge is 2.22. The van der Waals surface area contributed by atoms with Gasteiger partial charge < -0.3 is 13.9 Å². The monoisotopic (exact) mass is 464 g/mol. The number of esters is 2. The van der Waals surface area contributed by atoms with Crippen LogP contribution in [0.2, 0.25) is 0 Å². The zero-order chi connectivity index (χ0) is 24.5. The Hall–Kier alpha value is -4.27. The molecule has 3 rings (SSSR count). The zero-order valence-electron chi connectivity index (χ0n) is 18.9. The van der Waals surface area contributed by atoms with Crippen molar-refractivity contribution in [1.82, 2.24) is 0 Å². The Morgan fingerprint density at radius 1 is 1.06 bits per heavy atom. The van der Waals surface area contributed by atoms with E-state index in [1.807, 2.05) is 30.3 Å². The topological polar surface area (TPSA) is 121 Å². The summed E-state index contributed by atoms with van der Waals surface area (Å²) in [6, 6.07) is 13.9. The Morgan fingerprint density at radius 2 is 1.74 bits per heavy atom. The van der Waals surface area contributed by atoms with Gasteiger partial charge in [0.15, 0.2) is 0 Å². The van der Waals surface area contributed by atoms with Crippen LogP contribution in [-0.2, 0) is 25.5 Å². The molecule has 34 heavy (non-hydrogen) atoms. The summed E-state index contributed by atoms with van der Waals surface area (Å²) in [5.74, 6) is -1.70. The summed E-state index contributed by atoms with van der Waals surface area (Å²) in [6.45, 7) is 3.74. The molecule has 0 N–H and O–H groups in total. The molecule has 0 radical (unpaired) electrons. The third-order valence-electron chi connectivity index (χ3n) is 4.82. The average Bonchev–Trinajstić information content (AvgIpc) is 2.83. The van der Waals surface area contributed by atoms with Crippen LogP contribution in [0.4, 0.5) is 5.69 Å². The number of hydrogen-bond donors (Lipinski definition) is 0. The summed E-state index contributed by atoms with van der Waals surface area (Å²) < 4.78 is 15.6. The first-order chi connectivity index (χ1) is 16.4. The third kappa shape index (κ3) is 5.94. The van der Waals surface area contributed by atoms with E-state index in [4.69, 9.17) is 13.9 Å². The van der Waals surface area contributed by atoms with Gasteiger partial charge in [0.05, 0.1) is 23.5 Å². The molecule has 0 spiro atoms. The van der Waals surface area contributed by atoms with Crippen molar-refractivity contribution in [3.63, 3.8) is 0 Å². The number of ether oxygens (including phenoxy) is 2. The Kier molecular flexibility index (Phi) is 8.28. The van der Waals surface area contributed by atoms with Crippen molar-refractivity contribution >= 4 is 34.7 Å². The highest BCUT2D eigenvalue weighted by Crippen LogP contribution is 2.20. The molecule has 0 aliphatic rings. The minimum absolute atomic E-state index is 0.0676. The minimum atomic E-state index is -0.852. The normalized spacial score (nSPS) is 11.2. The van der Waals surface area contributed by atoms with Gasteiger partial charge in [0.2, 0.25) is 0 Å². The zero-order valence-corrected chi connectivity index (χ0v) is 18.9. The number of hydrogen-bond acceptors (Lipinski definition) is 8. The standard InChI is InChI=1S/C25H24N2O7/c1-3-32-24(28)21(25(29)33-4-2)14-18-16-34-22-11-10-19(27(30)31)15-20(22)23(18)26-13-12-17-8-6-5-7-9-17/h5-11,14-16H,3-4,12-13H2,1-2H3. The number of non-ortho nitro benzene ring substituents is 1. The molecule has 0 atom stereocenters. The molecule has 0 unspecified atom stereocenters. The maximum Gasteiger partial charge on any atom is 0.345 e. The molecule has 0 bridgehead atoms. The molecule has 176 valence electrons. The van der Waals surface area contributed by atoms with E-state index in [0.717, 1.165) is 5.56 Å². The molecule has 0 amide bonds. The van der Waals surface area contributed by atoms with E-state index in [0.29, 0.717) is 29.3 Å². The number of fused-ring (bicyclic) bond motifs is 1. The second kappa shape index (κ2) is 11.6. The largest absolute Gasteiger partial charge is 0.464 e. The van der Waals surface area contributed by atoms with Gasteiger partial charge in [-0.05, 0) is 38.0 Å². The van der Waals surface area contributed by atoms with Gasteiger partial charge in [-0.3, -0.25) is 15.1 Å². The van der Waals surface area contributed by atoms with Gasteiger partial charge in [0, 0.05) is 29.6 Å². The maximum atomic E-state index is 12.4. The van der Waals surface area contributed by atoms with E-state index in [1.165, 1.54) is 30.5 Å². The highest BCUT2D eigenvalue weighted by atomic mass is 16.6. The number of nitro groups is 1. The number of carbonyl (C=O) groups excluding carboxylic acids is 2. The maximum absolute atomic E-state index is 12.4. The first kappa shape index (κ1) is 24.4. The van der Waals surface area contributed by atoms with E-state index in [1.54, 1.807) is 13.8 Å². The van der Waals surface area contributed by atoms with Crippen molar-refractivity contribution in [3.05, 3.63) is 87.0 Å². The van der Waals surface area contributed by atoms with Crippen LogP contribution < -0.4 is 5.36 Å². The number of nitro benzene ring substituents is 1. The summed E-state index contributed by atoms with van der Waals surface area (Å²) >= 11 is 0. The van der Waals surface area contributed by atoms with Crippen molar-refractivity contribution < 1.29 is 28.4 Å². The molecule has 0 saturated heterocycles. The molecule has 0 aliphatic heterocycles. The van der Waals surface area contributed by atoms with Crippen molar-refractivity contribution in [3.8, 4) is 0 Å². The smallest absolute Gasteiger partial charge is 0.345 e. The molecule has 0 fully saturated rings. The van der Waals surface area contributed by atoms with E-state index in [2.05, 4.69) is 4.99 Å². The molecule has 1 heterocycles. The lowest BCUT2D eigenvalue weighted by atomic mass is 10.1. The lowest BCUT2D eigenvalue weighted by Gasteiger charge is -2.08. The lowest BCUT2D eigenvalue weighted by Crippen LogP contribution is -2.19. The first-order valence-electron chi connectivity index (χ1n) is 10.7. The highest BCUT2D eigenvalue weighted by molar-refractivity contribution is 6.17. The van der Waals surface area contributed by atoms with E-state index < -0.39 is 16.9 Å². The fraction of sp³-hybridized carbons (Fsp3) is 0.240. The quantitative estimate of drug-likeness (QED) is 0.117. The summed E-state index contributed by atoms with van der Waals surface area (Å²) in [5, 5.41) is 12.1. The summed E-state index contributed by atoms with van der Waals surface area (Å²) in [7, 11) is 0. The number of benzene rings is 2. The molecule has 0 saturated carbocycles. The van der Waals surface area contributed by atoms with Gasteiger partial charge in [-0.1, -0.05) is 30.3 Å². The lowest BCUT2D eigenvalue weighted by molar-refractivity contribution is -0.384. The molecule has 3 aromatic rings. The Bertz CT molecular complexity index is 1270. The average molecular weight is 464 g/mol. The molecule has 0 aliphatic carbocycles. The van der Waals surface area contributed by atoms with Crippen LogP contribution in [0, 0.1) is 10.1 Å². The number of rotatable bonds is 9. The molecular weight excluding hydrogens is 440 g/mol. The molecule has 2 aromatic carbocycles. The number of nitrogens with zero attached hydrogens (tertiary/aromatic N) is 2. The van der Waals surface area contributed by atoms with Crippen LogP contribution in [-0.4, -0.2) is 36.6 Å². The molecular formula is C25H24N2O7. The molecule has 9 nitrogen and oxygen atoms in total. The SMILES string of the molecule is CCOC(=O)C(=Cc1coc2ccc([N+](=O)[O-])cc2c1=NCCc1ccccc1)C(=O)OCC. The fourth-order valence-electron chi connectivity index (χ4n) is 3.25. The molecule has 1 aromatic heterocycles. The van der Waals surface area contributed by atoms with E-state index in [-0.39, 0.29) is 30.0 Å². The van der Waals surface area contributed by atoms with E-state index >= 15 is 0 Å². The second-order valence-corrected chi connectivity index (χ2v) is 7.09. The van der Waals surface area contributed by atoms with Crippen molar-refractivity contribution in [1.29, 1.82) is 0 Å². The second-order valence-electron chi connectivity index (χ2n) is 7.09. The van der Waals surface area contributed by atoms with Crippen LogP contribution in [0.15, 0.2) is 69.8 Å². The minimum Gasteiger partial charge on any atom is -0.464 e. The predicted molar refractivity (Wildman–Crippen MR) is 125 cm³/mol. The van der Waals surface area contributed by atoms with Gasteiger partial charge in [0.25, 0.3) is 5.69 Å². The summed E-state index contributed by atoms with van der Waals surface area (Å²) in [4.78, 5) is 40.4. The first-order valence-corrected chi connectivity index (χ1v) is 10.7. The summed E-state index contributed by atoms with van der Waals surface area (Å²) in [5.41, 5.74) is 1.26. The third-order valence-corrected chi connectivity index (χ3v) is 4.82. The Balaban J connectivity index is 2.18. The van der Waals surface area contributed by atoms with Crippen molar-refractivity contribution in [2.45, 2.75) is 20.3 Å². The summed E-state index contributed by atoms with van der Waals surface area (Å²) in [6.07, 6.45) is 3.24. The van der Waals surface area contributed by atoms with Crippen LogP contribution in [0.5, 0.6) is 0 Å². The fourth-order valence-corrected chi connectivity index (χ4v) is 3.25. The Labute approximate surface area is 195 Å². The molecule has 9 heteroatoms. The van der Waals surface area contributed by atoms with Gasteiger partial charge in [-0.25, -0.2) is 9.59 Å². The van der Waals surface area contributed by atoms with Crippen LogP contribution in [0.1, 0.15) is 25.0 Å². The predicted octanol–water partition coefficient (Wildman–Crippen LogP) is 3.99. The van der Waals surface area contributed by atoms with Crippen LogP contribution >= 0.6 is 0 Å². The number of carbonyl (C=O) groups is 2. The Morgan fingerprint density at radius 3 is 2.35 bits per heavy atom. The van der Waals surface area contributed by atoms with Crippen LogP contribution in [0.3, 0.4) is 0 Å². The van der Waals surface area contributed by atoms with Gasteiger partial charge in [-0.15, -0.1) is 0 Å².